The van der Waals surface area contributed by atoms with Crippen LogP contribution in [0.4, 0.5) is 5.69 Å². The Morgan fingerprint density at radius 3 is 2.68 bits per heavy atom. The Morgan fingerprint density at radius 1 is 1.36 bits per heavy atom. The van der Waals surface area contributed by atoms with E-state index in [4.69, 9.17) is 11.6 Å². The highest BCUT2D eigenvalue weighted by atomic mass is 35.5. The Bertz CT molecular complexity index is 556. The molecule has 3 N–H and O–H groups in total. The fraction of sp³-hybridized carbons (Fsp3) is 0.500. The van der Waals surface area contributed by atoms with Crippen LogP contribution in [0, 0.1) is 11.8 Å². The minimum atomic E-state index is -0.211. The Morgan fingerprint density at radius 2 is 2.09 bits per heavy atom. The molecule has 2 rings (SSSR count). The molecule has 0 radical (unpaired) electrons. The van der Waals surface area contributed by atoms with E-state index in [-0.39, 0.29) is 17.7 Å². The Hall–Kier alpha value is -1.59. The first-order valence-corrected chi connectivity index (χ1v) is 7.92. The molecular formula is C16H22ClN3O2. The topological polar surface area (TPSA) is 70.2 Å². The predicted molar refractivity (Wildman–Crippen MR) is 88.2 cm³/mol. The number of halogens is 1. The van der Waals surface area contributed by atoms with E-state index in [1.54, 1.807) is 18.2 Å². The lowest BCUT2D eigenvalue weighted by atomic mass is 10.0. The maximum atomic E-state index is 12.2. The second kappa shape index (κ2) is 7.61. The van der Waals surface area contributed by atoms with Gasteiger partial charge in [-0.2, -0.15) is 0 Å². The van der Waals surface area contributed by atoms with E-state index >= 15 is 0 Å². The molecule has 1 fully saturated rings. The largest absolute Gasteiger partial charge is 0.352 e. The van der Waals surface area contributed by atoms with Crippen LogP contribution in [0.5, 0.6) is 0 Å². The monoisotopic (exact) mass is 323 g/mol. The van der Waals surface area contributed by atoms with Gasteiger partial charge in [0.2, 0.25) is 5.91 Å². The van der Waals surface area contributed by atoms with Gasteiger partial charge < -0.3 is 16.0 Å². The summed E-state index contributed by atoms with van der Waals surface area (Å²) in [4.78, 5) is 24.0. The van der Waals surface area contributed by atoms with E-state index in [0.29, 0.717) is 35.2 Å². The summed E-state index contributed by atoms with van der Waals surface area (Å²) in [6, 6.07) is 4.95. The molecule has 0 aliphatic carbocycles. The lowest BCUT2D eigenvalue weighted by Crippen LogP contribution is -2.48. The van der Waals surface area contributed by atoms with Gasteiger partial charge >= 0.3 is 0 Å². The summed E-state index contributed by atoms with van der Waals surface area (Å²) in [5, 5.41) is 9.21. The molecule has 1 aliphatic heterocycles. The molecule has 1 aromatic carbocycles. The third-order valence-electron chi connectivity index (χ3n) is 3.51. The molecule has 0 atom stereocenters. The van der Waals surface area contributed by atoms with Gasteiger partial charge in [0.1, 0.15) is 0 Å². The van der Waals surface area contributed by atoms with Gasteiger partial charge in [0, 0.05) is 37.7 Å². The number of anilines is 1. The van der Waals surface area contributed by atoms with Crippen LogP contribution in [0.15, 0.2) is 18.2 Å². The van der Waals surface area contributed by atoms with Crippen LogP contribution in [0.1, 0.15) is 30.6 Å². The van der Waals surface area contributed by atoms with Crippen LogP contribution in [0.2, 0.25) is 5.02 Å². The summed E-state index contributed by atoms with van der Waals surface area (Å²) in [6.45, 7) is 6.45. The smallest absolute Gasteiger partial charge is 0.252 e. The van der Waals surface area contributed by atoms with Crippen molar-refractivity contribution in [3.8, 4) is 0 Å². The average Bonchev–Trinajstić information content (AvgIpc) is 2.38. The highest BCUT2D eigenvalue weighted by Gasteiger charge is 2.19. The van der Waals surface area contributed by atoms with Crippen LogP contribution in [0.3, 0.4) is 0 Å². The molecule has 22 heavy (non-hydrogen) atoms. The number of amides is 2. The summed E-state index contributed by atoms with van der Waals surface area (Å²) in [7, 11) is 0. The molecule has 0 aromatic heterocycles. The fourth-order valence-corrected chi connectivity index (χ4v) is 2.39. The molecule has 0 spiro atoms. The number of carbonyl (C=O) groups excluding carboxylic acids is 2. The molecule has 6 heteroatoms. The van der Waals surface area contributed by atoms with Crippen molar-refractivity contribution in [2.75, 3.05) is 25.0 Å². The van der Waals surface area contributed by atoms with Crippen LogP contribution >= 0.6 is 11.6 Å². The summed E-state index contributed by atoms with van der Waals surface area (Å²) in [5.74, 6) is 0.490. The molecule has 1 aromatic rings. The van der Waals surface area contributed by atoms with Crippen molar-refractivity contribution in [1.29, 1.82) is 0 Å². The van der Waals surface area contributed by atoms with E-state index in [1.807, 2.05) is 13.8 Å². The molecule has 0 unspecified atom stereocenters. The number of hydrogen-bond acceptors (Lipinski definition) is 3. The Kier molecular flexibility index (Phi) is 5.80. The van der Waals surface area contributed by atoms with Gasteiger partial charge in [-0.25, -0.2) is 0 Å². The van der Waals surface area contributed by atoms with Crippen LogP contribution in [0.25, 0.3) is 0 Å². The zero-order valence-corrected chi connectivity index (χ0v) is 13.7. The van der Waals surface area contributed by atoms with Crippen molar-refractivity contribution in [3.63, 3.8) is 0 Å². The van der Waals surface area contributed by atoms with Crippen LogP contribution in [-0.2, 0) is 4.79 Å². The summed E-state index contributed by atoms with van der Waals surface area (Å²) < 4.78 is 0. The second-order valence-corrected chi connectivity index (χ2v) is 6.48. The average molecular weight is 324 g/mol. The minimum absolute atomic E-state index is 0.0655. The van der Waals surface area contributed by atoms with Gasteiger partial charge in [-0.3, -0.25) is 9.59 Å². The van der Waals surface area contributed by atoms with Crippen molar-refractivity contribution in [3.05, 3.63) is 28.8 Å². The molecule has 1 heterocycles. The molecule has 120 valence electrons. The highest BCUT2D eigenvalue weighted by molar-refractivity contribution is 6.34. The zero-order chi connectivity index (χ0) is 16.1. The third kappa shape index (κ3) is 4.71. The predicted octanol–water partition coefficient (Wildman–Crippen LogP) is 2.27. The normalized spacial score (nSPS) is 14.5. The van der Waals surface area contributed by atoms with Crippen molar-refractivity contribution < 1.29 is 9.59 Å². The van der Waals surface area contributed by atoms with E-state index < -0.39 is 0 Å². The molecule has 2 amide bonds. The first-order valence-electron chi connectivity index (χ1n) is 7.54. The number of benzene rings is 1. The van der Waals surface area contributed by atoms with Crippen molar-refractivity contribution >= 4 is 29.1 Å². The van der Waals surface area contributed by atoms with E-state index in [2.05, 4.69) is 16.0 Å². The van der Waals surface area contributed by atoms with E-state index in [1.165, 1.54) is 0 Å². The first-order chi connectivity index (χ1) is 10.5. The number of rotatable bonds is 6. The van der Waals surface area contributed by atoms with Crippen molar-refractivity contribution in [1.82, 2.24) is 10.6 Å². The summed E-state index contributed by atoms with van der Waals surface area (Å²) in [6.07, 6.45) is 0.443. The number of carbonyl (C=O) groups is 2. The Balaban J connectivity index is 1.99. The van der Waals surface area contributed by atoms with Gasteiger partial charge in [-0.1, -0.05) is 25.4 Å². The molecule has 5 nitrogen and oxygen atoms in total. The quantitative estimate of drug-likeness (QED) is 0.752. The Labute approximate surface area is 135 Å². The van der Waals surface area contributed by atoms with E-state index in [0.717, 1.165) is 13.1 Å². The van der Waals surface area contributed by atoms with Gasteiger partial charge in [0.25, 0.3) is 5.91 Å². The minimum Gasteiger partial charge on any atom is -0.352 e. The zero-order valence-electron chi connectivity index (χ0n) is 12.9. The number of hydrogen-bond donors (Lipinski definition) is 3. The molecule has 0 saturated carbocycles. The van der Waals surface area contributed by atoms with Gasteiger partial charge in [-0.15, -0.1) is 0 Å². The summed E-state index contributed by atoms with van der Waals surface area (Å²) >= 11 is 6.09. The maximum Gasteiger partial charge on any atom is 0.252 e. The second-order valence-electron chi connectivity index (χ2n) is 6.08. The van der Waals surface area contributed by atoms with Crippen LogP contribution in [-0.4, -0.2) is 31.4 Å². The third-order valence-corrected chi connectivity index (χ3v) is 3.84. The standard InChI is InChI=1S/C16H22ClN3O2/c1-10(2)5-15(21)20-12-3-4-14(17)13(6-12)16(22)19-9-11-7-18-8-11/h3-4,6,10-11,18H,5,7-9H2,1-2H3,(H,19,22)(H,20,21). The highest BCUT2D eigenvalue weighted by Crippen LogP contribution is 2.21. The fourth-order valence-electron chi connectivity index (χ4n) is 2.18. The van der Waals surface area contributed by atoms with Crippen molar-refractivity contribution in [2.45, 2.75) is 20.3 Å². The number of nitrogens with one attached hydrogen (secondary N) is 3. The van der Waals surface area contributed by atoms with Gasteiger partial charge in [0.05, 0.1) is 10.6 Å². The molecule has 0 bridgehead atoms. The lowest BCUT2D eigenvalue weighted by Gasteiger charge is -2.27. The van der Waals surface area contributed by atoms with E-state index in [9.17, 15) is 9.59 Å². The van der Waals surface area contributed by atoms with Crippen LogP contribution < -0.4 is 16.0 Å². The first kappa shape index (κ1) is 16.8. The molecule has 1 saturated heterocycles. The molecular weight excluding hydrogens is 302 g/mol. The van der Waals surface area contributed by atoms with Gasteiger partial charge in [-0.05, 0) is 24.1 Å². The maximum absolute atomic E-state index is 12.2. The lowest BCUT2D eigenvalue weighted by molar-refractivity contribution is -0.116. The SMILES string of the molecule is CC(C)CC(=O)Nc1ccc(Cl)c(C(=O)NCC2CNC2)c1. The molecule has 1 aliphatic rings. The summed E-state index contributed by atoms with van der Waals surface area (Å²) in [5.41, 5.74) is 0.974. The van der Waals surface area contributed by atoms with Gasteiger partial charge in [0.15, 0.2) is 0 Å². The van der Waals surface area contributed by atoms with Crippen molar-refractivity contribution in [2.24, 2.45) is 11.8 Å².